The van der Waals surface area contributed by atoms with E-state index in [1.54, 1.807) is 17.7 Å². The Labute approximate surface area is 160 Å². The highest BCUT2D eigenvalue weighted by Crippen LogP contribution is 2.40. The van der Waals surface area contributed by atoms with Gasteiger partial charge in [-0.3, -0.25) is 5.10 Å². The summed E-state index contributed by atoms with van der Waals surface area (Å²) in [5.74, 6) is 2.06. The Morgan fingerprint density at radius 2 is 2.19 bits per heavy atom. The third-order valence-electron chi connectivity index (χ3n) is 4.61. The summed E-state index contributed by atoms with van der Waals surface area (Å²) >= 11 is 1.66. The van der Waals surface area contributed by atoms with E-state index in [9.17, 15) is 0 Å². The van der Waals surface area contributed by atoms with Gasteiger partial charge in [-0.1, -0.05) is 31.3 Å². The molecule has 0 amide bonds. The van der Waals surface area contributed by atoms with Crippen LogP contribution in [0.1, 0.15) is 30.5 Å². The number of rotatable bonds is 3. The lowest BCUT2D eigenvalue weighted by atomic mass is 10.0. The molecule has 0 unspecified atom stereocenters. The fourth-order valence-corrected chi connectivity index (χ4v) is 4.31. The van der Waals surface area contributed by atoms with E-state index >= 15 is 0 Å². The largest absolute Gasteiger partial charge is 0.493 e. The molecule has 7 nitrogen and oxygen atoms in total. The van der Waals surface area contributed by atoms with E-state index in [2.05, 4.69) is 46.3 Å². The van der Waals surface area contributed by atoms with Crippen LogP contribution in [0.3, 0.4) is 0 Å². The van der Waals surface area contributed by atoms with Crippen molar-refractivity contribution in [2.75, 3.05) is 6.61 Å². The maximum absolute atomic E-state index is 5.96. The Kier molecular flexibility index (Phi) is 3.78. The number of hydrogen-bond acceptors (Lipinski definition) is 6. The number of fused-ring (bicyclic) bond motifs is 3. The number of benzene rings is 1. The fourth-order valence-electron chi connectivity index (χ4n) is 3.28. The first-order valence-corrected chi connectivity index (χ1v) is 9.68. The molecule has 3 aromatic heterocycles. The summed E-state index contributed by atoms with van der Waals surface area (Å²) in [6.45, 7) is 4.86. The first-order chi connectivity index (χ1) is 13.2. The number of aromatic nitrogens is 6. The van der Waals surface area contributed by atoms with E-state index in [1.807, 2.05) is 23.1 Å². The van der Waals surface area contributed by atoms with E-state index in [0.29, 0.717) is 6.61 Å². The van der Waals surface area contributed by atoms with Crippen molar-refractivity contribution in [1.29, 1.82) is 0 Å². The van der Waals surface area contributed by atoms with E-state index < -0.39 is 0 Å². The highest BCUT2D eigenvalue weighted by Gasteiger charge is 2.23. The minimum absolute atomic E-state index is 0.277. The van der Waals surface area contributed by atoms with E-state index in [0.717, 1.165) is 45.5 Å². The lowest BCUT2D eigenvalue weighted by Crippen LogP contribution is -2.04. The van der Waals surface area contributed by atoms with Gasteiger partial charge in [0.05, 0.1) is 18.5 Å². The van der Waals surface area contributed by atoms with Crippen LogP contribution in [0.25, 0.3) is 27.5 Å². The van der Waals surface area contributed by atoms with Crippen LogP contribution in [0, 0.1) is 0 Å². The standard InChI is InChI=1S/C19H18N6OS/c1-11(2)18-20-10-23-25(18)19-24-17-14-7-12(13-8-21-22-9-13)3-4-15(14)26-6-5-16(17)27-19/h3-4,7-11H,5-6H2,1-2H3,(H,21,22). The number of H-pyrrole nitrogens is 1. The molecule has 136 valence electrons. The van der Waals surface area contributed by atoms with Crippen molar-refractivity contribution in [3.05, 3.63) is 47.6 Å². The maximum Gasteiger partial charge on any atom is 0.212 e. The maximum atomic E-state index is 5.96. The lowest BCUT2D eigenvalue weighted by molar-refractivity contribution is 0.327. The second kappa shape index (κ2) is 6.31. The molecule has 5 rings (SSSR count). The van der Waals surface area contributed by atoms with Gasteiger partial charge >= 0.3 is 0 Å². The molecule has 0 saturated carbocycles. The third kappa shape index (κ3) is 2.73. The normalized spacial score (nSPS) is 13.1. The van der Waals surface area contributed by atoms with E-state index in [-0.39, 0.29) is 5.92 Å². The number of nitrogens with zero attached hydrogens (tertiary/aromatic N) is 5. The van der Waals surface area contributed by atoms with Crippen molar-refractivity contribution < 1.29 is 4.74 Å². The predicted octanol–water partition coefficient (Wildman–Crippen LogP) is 3.84. The Morgan fingerprint density at radius 1 is 1.26 bits per heavy atom. The summed E-state index contributed by atoms with van der Waals surface area (Å²) in [4.78, 5) is 10.5. The van der Waals surface area contributed by atoms with Crippen molar-refractivity contribution in [1.82, 2.24) is 29.9 Å². The molecule has 1 aliphatic rings. The van der Waals surface area contributed by atoms with Gasteiger partial charge in [-0.2, -0.15) is 14.9 Å². The molecule has 0 saturated heterocycles. The molecule has 0 radical (unpaired) electrons. The van der Waals surface area contributed by atoms with Crippen LogP contribution in [0.5, 0.6) is 5.75 Å². The Hall–Kier alpha value is -3.00. The van der Waals surface area contributed by atoms with Gasteiger partial charge in [-0.05, 0) is 17.7 Å². The second-order valence-electron chi connectivity index (χ2n) is 6.75. The van der Waals surface area contributed by atoms with Crippen LogP contribution in [0.15, 0.2) is 36.9 Å². The van der Waals surface area contributed by atoms with Gasteiger partial charge in [0.1, 0.15) is 17.9 Å². The number of thiazole rings is 1. The van der Waals surface area contributed by atoms with Crippen molar-refractivity contribution in [3.8, 4) is 33.3 Å². The molecular formula is C19H18N6OS. The van der Waals surface area contributed by atoms with Gasteiger partial charge in [0.25, 0.3) is 0 Å². The smallest absolute Gasteiger partial charge is 0.212 e. The van der Waals surface area contributed by atoms with Crippen LogP contribution in [0.4, 0.5) is 0 Å². The van der Waals surface area contributed by atoms with Gasteiger partial charge < -0.3 is 4.74 Å². The monoisotopic (exact) mass is 378 g/mol. The zero-order valence-corrected chi connectivity index (χ0v) is 15.8. The van der Waals surface area contributed by atoms with Crippen LogP contribution >= 0.6 is 11.3 Å². The van der Waals surface area contributed by atoms with Crippen LogP contribution in [-0.4, -0.2) is 36.6 Å². The zero-order valence-electron chi connectivity index (χ0n) is 15.0. The van der Waals surface area contributed by atoms with Gasteiger partial charge in [-0.25, -0.2) is 9.97 Å². The van der Waals surface area contributed by atoms with Crippen molar-refractivity contribution in [3.63, 3.8) is 0 Å². The molecule has 0 bridgehead atoms. The SMILES string of the molecule is CC(C)c1ncnn1-c1nc2c(s1)CCOc1ccc(-c3cn[nH]c3)cc1-2. The minimum atomic E-state index is 0.277. The average Bonchev–Trinajstić information content (AvgIpc) is 3.41. The summed E-state index contributed by atoms with van der Waals surface area (Å²) in [6, 6.07) is 6.19. The first kappa shape index (κ1) is 16.2. The topological polar surface area (TPSA) is 81.5 Å². The van der Waals surface area contributed by atoms with Gasteiger partial charge in [0.15, 0.2) is 0 Å². The Morgan fingerprint density at radius 3 is 3.00 bits per heavy atom. The molecular weight excluding hydrogens is 360 g/mol. The third-order valence-corrected chi connectivity index (χ3v) is 5.70. The van der Waals surface area contributed by atoms with E-state index in [1.165, 1.54) is 4.88 Å². The number of ether oxygens (including phenoxy) is 1. The molecule has 4 heterocycles. The molecule has 27 heavy (non-hydrogen) atoms. The second-order valence-corrected chi connectivity index (χ2v) is 7.81. The summed E-state index contributed by atoms with van der Waals surface area (Å²) < 4.78 is 7.81. The van der Waals surface area contributed by atoms with Crippen LogP contribution in [-0.2, 0) is 6.42 Å². The number of nitrogens with one attached hydrogen (secondary N) is 1. The fraction of sp³-hybridized carbons (Fsp3) is 0.263. The van der Waals surface area contributed by atoms with Gasteiger partial charge in [-0.15, -0.1) is 0 Å². The zero-order chi connectivity index (χ0) is 18.4. The van der Waals surface area contributed by atoms with Crippen molar-refractivity contribution >= 4 is 11.3 Å². The summed E-state index contributed by atoms with van der Waals surface area (Å²) in [5.41, 5.74) is 4.10. The molecule has 1 aliphatic heterocycles. The number of aromatic amines is 1. The van der Waals surface area contributed by atoms with Crippen molar-refractivity contribution in [2.24, 2.45) is 0 Å². The molecule has 0 spiro atoms. The quantitative estimate of drug-likeness (QED) is 0.586. The highest BCUT2D eigenvalue weighted by atomic mass is 32.1. The van der Waals surface area contributed by atoms with E-state index in [4.69, 9.17) is 9.72 Å². The highest BCUT2D eigenvalue weighted by molar-refractivity contribution is 7.14. The summed E-state index contributed by atoms with van der Waals surface area (Å²) in [6.07, 6.45) is 6.12. The van der Waals surface area contributed by atoms with Crippen LogP contribution in [0.2, 0.25) is 0 Å². The predicted molar refractivity (Wildman–Crippen MR) is 103 cm³/mol. The molecule has 0 aliphatic carbocycles. The van der Waals surface area contributed by atoms with Gasteiger partial charge in [0, 0.05) is 34.5 Å². The summed E-state index contributed by atoms with van der Waals surface area (Å²) in [7, 11) is 0. The summed E-state index contributed by atoms with van der Waals surface area (Å²) in [5, 5.41) is 12.2. The molecule has 0 atom stereocenters. The molecule has 1 aromatic carbocycles. The Balaban J connectivity index is 1.65. The van der Waals surface area contributed by atoms with Crippen molar-refractivity contribution in [2.45, 2.75) is 26.2 Å². The molecule has 4 aromatic rings. The minimum Gasteiger partial charge on any atom is -0.493 e. The van der Waals surface area contributed by atoms with Crippen LogP contribution < -0.4 is 4.74 Å². The lowest BCUT2D eigenvalue weighted by Gasteiger charge is -2.09. The number of hydrogen-bond donors (Lipinski definition) is 1. The molecule has 1 N–H and O–H groups in total. The first-order valence-electron chi connectivity index (χ1n) is 8.87. The molecule has 0 fully saturated rings. The average molecular weight is 378 g/mol. The Bertz CT molecular complexity index is 1100. The molecule has 8 heteroatoms. The van der Waals surface area contributed by atoms with Gasteiger partial charge in [0.2, 0.25) is 5.13 Å².